The first kappa shape index (κ1) is 11.9. The molecular formula is C5HF7O. The van der Waals surface area contributed by atoms with E-state index >= 15 is 0 Å². The number of rotatable bonds is 1. The van der Waals surface area contributed by atoms with E-state index in [0.717, 1.165) is 0 Å². The van der Waals surface area contributed by atoms with E-state index in [2.05, 4.69) is 0 Å². The summed E-state index contributed by atoms with van der Waals surface area (Å²) >= 11 is 0. The molecule has 0 amide bonds. The van der Waals surface area contributed by atoms with Gasteiger partial charge in [-0.25, -0.2) is 4.39 Å². The lowest BCUT2D eigenvalue weighted by molar-refractivity contribution is -0.175. The minimum atomic E-state index is -5.93. The third kappa shape index (κ3) is 3.03. The third-order valence-corrected chi connectivity index (χ3v) is 0.909. The molecule has 0 aromatic carbocycles. The molecule has 0 radical (unpaired) electrons. The van der Waals surface area contributed by atoms with E-state index < -0.39 is 30.0 Å². The lowest BCUT2D eigenvalue weighted by Gasteiger charge is -2.13. The van der Waals surface area contributed by atoms with Crippen molar-refractivity contribution in [3.63, 3.8) is 0 Å². The maximum atomic E-state index is 11.9. The van der Waals surface area contributed by atoms with E-state index in [9.17, 15) is 35.5 Å². The van der Waals surface area contributed by atoms with Crippen molar-refractivity contribution in [3.8, 4) is 0 Å². The molecule has 0 bridgehead atoms. The molecular weight excluding hydrogens is 209 g/mol. The van der Waals surface area contributed by atoms with Crippen molar-refractivity contribution in [2.24, 2.45) is 0 Å². The minimum Gasteiger partial charge on any atom is -0.295 e. The number of carbonyl (C=O) groups is 1. The van der Waals surface area contributed by atoms with Crippen molar-refractivity contribution in [1.82, 2.24) is 0 Å². The monoisotopic (exact) mass is 210 g/mol. The number of hydrogen-bond donors (Lipinski definition) is 0. The predicted octanol–water partition coefficient (Wildman–Crippen LogP) is 2.53. The Morgan fingerprint density at radius 2 is 1.23 bits per heavy atom. The largest absolute Gasteiger partial charge is 0.424 e. The fraction of sp³-hybridized carbons (Fsp3) is 0.400. The average Bonchev–Trinajstić information content (AvgIpc) is 1.80. The van der Waals surface area contributed by atoms with Crippen molar-refractivity contribution in [3.05, 3.63) is 11.4 Å². The van der Waals surface area contributed by atoms with Crippen molar-refractivity contribution in [1.29, 1.82) is 0 Å². The number of aldehydes is 1. The maximum absolute atomic E-state index is 11.9. The quantitative estimate of drug-likeness (QED) is 0.369. The molecule has 0 saturated heterocycles. The zero-order chi connectivity index (χ0) is 10.9. The lowest BCUT2D eigenvalue weighted by atomic mass is 10.2. The first-order valence-corrected chi connectivity index (χ1v) is 2.60. The molecule has 0 unspecified atom stereocenters. The highest BCUT2D eigenvalue weighted by Crippen LogP contribution is 2.40. The highest BCUT2D eigenvalue weighted by molar-refractivity contribution is 5.72. The fourth-order valence-corrected chi connectivity index (χ4v) is 0.490. The van der Waals surface area contributed by atoms with Crippen LogP contribution in [0.4, 0.5) is 30.7 Å². The number of halogens is 7. The molecule has 0 aromatic heterocycles. The molecule has 0 N–H and O–H groups in total. The molecule has 76 valence electrons. The molecule has 0 aliphatic heterocycles. The summed E-state index contributed by atoms with van der Waals surface area (Å²) in [4.78, 5) is 9.41. The molecule has 0 rings (SSSR count). The smallest absolute Gasteiger partial charge is 0.295 e. The number of carbonyl (C=O) groups excluding carboxylic acids is 1. The van der Waals surface area contributed by atoms with Gasteiger partial charge in [-0.2, -0.15) is 26.3 Å². The van der Waals surface area contributed by atoms with Gasteiger partial charge in [0.05, 0.1) is 0 Å². The topological polar surface area (TPSA) is 17.1 Å². The van der Waals surface area contributed by atoms with Gasteiger partial charge in [-0.1, -0.05) is 0 Å². The summed E-state index contributed by atoms with van der Waals surface area (Å²) in [6.07, 6.45) is -13.0. The van der Waals surface area contributed by atoms with Crippen LogP contribution in [0.2, 0.25) is 0 Å². The zero-order valence-electron chi connectivity index (χ0n) is 5.63. The second-order valence-electron chi connectivity index (χ2n) is 1.84. The highest BCUT2D eigenvalue weighted by Gasteiger charge is 2.53. The van der Waals surface area contributed by atoms with Crippen LogP contribution < -0.4 is 0 Å². The van der Waals surface area contributed by atoms with Gasteiger partial charge in [-0.15, -0.1) is 0 Å². The number of allylic oxidation sites excluding steroid dienone is 2. The van der Waals surface area contributed by atoms with Crippen LogP contribution in [0.1, 0.15) is 0 Å². The summed E-state index contributed by atoms with van der Waals surface area (Å²) in [5.74, 6) is -2.88. The van der Waals surface area contributed by atoms with E-state index in [0.29, 0.717) is 0 Å². The van der Waals surface area contributed by atoms with Gasteiger partial charge in [-0.3, -0.25) is 4.79 Å². The molecule has 0 heterocycles. The van der Waals surface area contributed by atoms with Crippen LogP contribution in [0.15, 0.2) is 11.4 Å². The van der Waals surface area contributed by atoms with Crippen LogP contribution in [-0.4, -0.2) is 18.6 Å². The van der Waals surface area contributed by atoms with Gasteiger partial charge in [0.2, 0.25) is 0 Å². The van der Waals surface area contributed by atoms with E-state index in [1.807, 2.05) is 0 Å². The molecule has 0 atom stereocenters. The van der Waals surface area contributed by atoms with Crippen molar-refractivity contribution < 1.29 is 35.5 Å². The van der Waals surface area contributed by atoms with Crippen LogP contribution in [0, 0.1) is 0 Å². The van der Waals surface area contributed by atoms with Crippen LogP contribution >= 0.6 is 0 Å². The summed E-state index contributed by atoms with van der Waals surface area (Å²) in [5.41, 5.74) is -3.42. The van der Waals surface area contributed by atoms with Crippen LogP contribution in [0.3, 0.4) is 0 Å². The van der Waals surface area contributed by atoms with Crippen LogP contribution in [0.25, 0.3) is 0 Å². The van der Waals surface area contributed by atoms with E-state index in [1.54, 1.807) is 0 Å². The van der Waals surface area contributed by atoms with Gasteiger partial charge in [0.15, 0.2) is 17.7 Å². The second kappa shape index (κ2) is 3.35. The van der Waals surface area contributed by atoms with Gasteiger partial charge in [0.1, 0.15) is 0 Å². The first-order chi connectivity index (χ1) is 5.60. The molecule has 8 heteroatoms. The maximum Gasteiger partial charge on any atom is 0.424 e. The molecule has 0 fully saturated rings. The Balaban J connectivity index is 5.38. The summed E-state index contributed by atoms with van der Waals surface area (Å²) in [7, 11) is 0. The Morgan fingerprint density at radius 3 is 1.31 bits per heavy atom. The van der Waals surface area contributed by atoms with Gasteiger partial charge in [0.25, 0.3) is 0 Å². The summed E-state index contributed by atoms with van der Waals surface area (Å²) in [6, 6.07) is 0. The van der Waals surface area contributed by atoms with Crippen molar-refractivity contribution in [2.45, 2.75) is 12.4 Å². The van der Waals surface area contributed by atoms with Gasteiger partial charge >= 0.3 is 12.4 Å². The minimum absolute atomic E-state index is 1.14. The standard InChI is InChI=1S/C5HF7O/c6-2(1-13)3(4(7,8)9)5(10,11)12/h1H. The molecule has 0 saturated carbocycles. The first-order valence-electron chi connectivity index (χ1n) is 2.60. The summed E-state index contributed by atoms with van der Waals surface area (Å²) in [5, 5.41) is 0. The molecule has 0 aliphatic carbocycles. The third-order valence-electron chi connectivity index (χ3n) is 0.909. The predicted molar refractivity (Wildman–Crippen MR) is 26.3 cm³/mol. The normalized spacial score (nSPS) is 12.5. The molecule has 1 nitrogen and oxygen atoms in total. The van der Waals surface area contributed by atoms with Crippen LogP contribution in [-0.2, 0) is 4.79 Å². The van der Waals surface area contributed by atoms with Crippen molar-refractivity contribution in [2.75, 3.05) is 0 Å². The van der Waals surface area contributed by atoms with Gasteiger partial charge < -0.3 is 0 Å². The molecule has 0 aromatic rings. The Labute approximate surface area is 66.8 Å². The molecule has 13 heavy (non-hydrogen) atoms. The van der Waals surface area contributed by atoms with Gasteiger partial charge in [0, 0.05) is 0 Å². The zero-order valence-corrected chi connectivity index (χ0v) is 5.63. The fourth-order valence-electron chi connectivity index (χ4n) is 0.490. The number of hydrogen-bond acceptors (Lipinski definition) is 1. The van der Waals surface area contributed by atoms with E-state index in [-0.39, 0.29) is 0 Å². The van der Waals surface area contributed by atoms with E-state index in [1.165, 1.54) is 0 Å². The molecule has 0 aliphatic rings. The van der Waals surface area contributed by atoms with Gasteiger partial charge in [-0.05, 0) is 0 Å². The second-order valence-corrected chi connectivity index (χ2v) is 1.84. The van der Waals surface area contributed by atoms with Crippen LogP contribution in [0.5, 0.6) is 0 Å². The summed E-state index contributed by atoms with van der Waals surface area (Å²) < 4.78 is 80.7. The summed E-state index contributed by atoms with van der Waals surface area (Å²) in [6.45, 7) is 0. The Morgan fingerprint density at radius 1 is 0.923 bits per heavy atom. The highest BCUT2D eigenvalue weighted by atomic mass is 19.4. The lowest BCUT2D eigenvalue weighted by Crippen LogP contribution is -2.27. The van der Waals surface area contributed by atoms with Crippen molar-refractivity contribution >= 4 is 6.29 Å². The Bertz CT molecular complexity index is 216. The van der Waals surface area contributed by atoms with E-state index in [4.69, 9.17) is 0 Å². The molecule has 0 spiro atoms. The SMILES string of the molecule is O=CC(F)=C(C(F)(F)F)C(F)(F)F. The Hall–Kier alpha value is -1.08. The number of alkyl halides is 6. The average molecular weight is 210 g/mol. The Kier molecular flexibility index (Phi) is 3.07.